The fraction of sp³-hybridized carbons (Fsp3) is 0.892. The van der Waals surface area contributed by atoms with Crippen LogP contribution in [0.25, 0.3) is 0 Å². The molecule has 6 rings (SSSR count). The molecule has 0 aromatic carbocycles. The van der Waals surface area contributed by atoms with Gasteiger partial charge in [0.25, 0.3) is 0 Å². The fourth-order valence-electron chi connectivity index (χ4n) is 13.9. The number of esters is 3. The van der Waals surface area contributed by atoms with E-state index in [2.05, 4.69) is 34.6 Å². The molecule has 5 aliphatic carbocycles. The van der Waals surface area contributed by atoms with E-state index in [0.717, 1.165) is 38.5 Å². The summed E-state index contributed by atoms with van der Waals surface area (Å²) in [4.78, 5) is 53.5. The molecule has 6 aliphatic rings. The van der Waals surface area contributed by atoms with E-state index in [-0.39, 0.29) is 41.6 Å². The highest BCUT2D eigenvalue weighted by Gasteiger charge is 2.84. The molecule has 0 unspecified atom stereocenters. The molecular formula is C37H56FNO7. The Balaban J connectivity index is 1.50. The van der Waals surface area contributed by atoms with Gasteiger partial charge in [-0.1, -0.05) is 41.5 Å². The van der Waals surface area contributed by atoms with Crippen molar-refractivity contribution in [2.75, 3.05) is 13.7 Å². The van der Waals surface area contributed by atoms with Gasteiger partial charge >= 0.3 is 17.9 Å². The third kappa shape index (κ3) is 3.89. The monoisotopic (exact) mass is 645 g/mol. The number of likely N-dealkylation sites (tertiary alicyclic amines) is 1. The van der Waals surface area contributed by atoms with E-state index in [1.54, 1.807) is 0 Å². The summed E-state index contributed by atoms with van der Waals surface area (Å²) in [7, 11) is 1.89. The van der Waals surface area contributed by atoms with Gasteiger partial charge in [-0.3, -0.25) is 19.2 Å². The maximum Gasteiger partial charge on any atom is 0.303 e. The molecule has 8 nitrogen and oxygen atoms in total. The first-order chi connectivity index (χ1) is 21.3. The van der Waals surface area contributed by atoms with E-state index in [1.807, 2.05) is 18.9 Å². The maximum atomic E-state index is 18.0. The number of hydrogen-bond acceptors (Lipinski definition) is 7. The summed E-state index contributed by atoms with van der Waals surface area (Å²) in [5, 5.41) is 0. The summed E-state index contributed by atoms with van der Waals surface area (Å²) in [5.74, 6) is -0.860. The Morgan fingerprint density at radius 1 is 0.891 bits per heavy atom. The number of ether oxygens (including phenoxy) is 3. The number of nitrogens with zero attached hydrogens (tertiary/aromatic N) is 1. The molecule has 0 aromatic heterocycles. The maximum absolute atomic E-state index is 18.0. The summed E-state index contributed by atoms with van der Waals surface area (Å²) in [5.41, 5.74) is -3.61. The highest BCUT2D eigenvalue weighted by Crippen LogP contribution is 2.81. The summed E-state index contributed by atoms with van der Waals surface area (Å²) < 4.78 is 35.6. The van der Waals surface area contributed by atoms with Crippen LogP contribution in [-0.4, -0.2) is 66.3 Å². The zero-order valence-corrected chi connectivity index (χ0v) is 29.7. The number of rotatable bonds is 4. The lowest BCUT2D eigenvalue weighted by Gasteiger charge is -2.76. The van der Waals surface area contributed by atoms with Crippen molar-refractivity contribution in [1.82, 2.24) is 4.90 Å². The van der Waals surface area contributed by atoms with Crippen molar-refractivity contribution in [2.45, 2.75) is 138 Å². The Morgan fingerprint density at radius 3 is 2.15 bits per heavy atom. The summed E-state index contributed by atoms with van der Waals surface area (Å²) in [6, 6.07) is 0. The second kappa shape index (κ2) is 10.4. The molecule has 0 radical (unpaired) electrons. The molecule has 0 aromatic rings. The van der Waals surface area contributed by atoms with Crippen LogP contribution in [0.1, 0.15) is 114 Å². The topological polar surface area (TPSA) is 99.2 Å². The van der Waals surface area contributed by atoms with E-state index in [4.69, 9.17) is 14.2 Å². The van der Waals surface area contributed by atoms with Crippen LogP contribution < -0.4 is 0 Å². The average molecular weight is 646 g/mol. The molecule has 46 heavy (non-hydrogen) atoms. The number of amides is 1. The molecule has 2 bridgehead atoms. The smallest absolute Gasteiger partial charge is 0.303 e. The van der Waals surface area contributed by atoms with Crippen molar-refractivity contribution in [3.05, 3.63) is 0 Å². The first-order valence-electron chi connectivity index (χ1n) is 17.7. The molecule has 1 saturated heterocycles. The number of alkyl halides is 1. The molecule has 1 heterocycles. The van der Waals surface area contributed by atoms with Gasteiger partial charge in [0.15, 0.2) is 0 Å². The Kier molecular flexibility index (Phi) is 7.62. The SMILES string of the molecule is CC(=O)OC[C@@]1(C)[C@@H]2CC[C@]3(C)[C@H](C[C@@H](F)[C@]45[C@@H]6[C@@H](C)[C@H](C)CC[C@@]6(CC[C@]43C)C(=O)N5C)[C@@]2(C)C[C@@H](OC(C)=O)[C@@H]1OC(C)=O. The second-order valence-corrected chi connectivity index (χ2v) is 17.5. The quantitative estimate of drug-likeness (QED) is 0.262. The van der Waals surface area contributed by atoms with Crippen LogP contribution >= 0.6 is 0 Å². The van der Waals surface area contributed by atoms with Crippen molar-refractivity contribution in [3.8, 4) is 0 Å². The van der Waals surface area contributed by atoms with E-state index < -0.39 is 63.5 Å². The predicted molar refractivity (Wildman–Crippen MR) is 169 cm³/mol. The third-order valence-corrected chi connectivity index (χ3v) is 15.9. The molecule has 9 heteroatoms. The molecule has 14 atom stereocenters. The largest absolute Gasteiger partial charge is 0.465 e. The molecule has 258 valence electrons. The van der Waals surface area contributed by atoms with Gasteiger partial charge in [-0.25, -0.2) is 4.39 Å². The van der Waals surface area contributed by atoms with Crippen molar-refractivity contribution in [3.63, 3.8) is 0 Å². The first-order valence-corrected chi connectivity index (χ1v) is 17.7. The Hall–Kier alpha value is -2.19. The van der Waals surface area contributed by atoms with Gasteiger partial charge in [-0.15, -0.1) is 0 Å². The van der Waals surface area contributed by atoms with E-state index in [1.165, 1.54) is 20.8 Å². The fourth-order valence-corrected chi connectivity index (χ4v) is 13.9. The molecular weight excluding hydrogens is 589 g/mol. The summed E-state index contributed by atoms with van der Waals surface area (Å²) in [6.07, 6.45) is 2.90. The molecule has 1 spiro atoms. The number of halogens is 1. The standard InChI is InChI=1S/C37H56FNO7/c1-20-11-14-36-16-15-35(9)34(8)13-12-26-32(6,27(34)17-28(38)37(35,29(36)21(20)2)39(10)31(36)43)18-25(45-23(4)41)30(46-24(5)42)33(26,7)19-44-22(3)40/h20-21,25-30H,11-19H2,1-10H3/t20-,21+,25-,26-,27-,28-,29-,30+,32+,33+,34-,35+,36+,37+/m1/s1. The van der Waals surface area contributed by atoms with Crippen LogP contribution in [0, 0.1) is 56.7 Å². The zero-order valence-electron chi connectivity index (χ0n) is 29.7. The molecule has 0 N–H and O–H groups in total. The molecule has 5 saturated carbocycles. The zero-order chi connectivity index (χ0) is 34.0. The summed E-state index contributed by atoms with van der Waals surface area (Å²) >= 11 is 0. The van der Waals surface area contributed by atoms with Gasteiger partial charge in [0, 0.05) is 39.2 Å². The lowest BCUT2D eigenvalue weighted by atomic mass is 9.29. The number of carbonyl (C=O) groups is 4. The van der Waals surface area contributed by atoms with Crippen LogP contribution in [0.4, 0.5) is 4.39 Å². The Bertz CT molecular complexity index is 1340. The minimum atomic E-state index is -1.22. The van der Waals surface area contributed by atoms with Gasteiger partial charge in [-0.05, 0) is 91.3 Å². The van der Waals surface area contributed by atoms with Crippen LogP contribution in [0.5, 0.6) is 0 Å². The van der Waals surface area contributed by atoms with Gasteiger partial charge in [0.2, 0.25) is 5.91 Å². The van der Waals surface area contributed by atoms with E-state index in [0.29, 0.717) is 18.8 Å². The average Bonchev–Trinajstić information content (AvgIpc) is 3.12. The number of hydrogen-bond donors (Lipinski definition) is 0. The molecule has 1 amide bonds. The van der Waals surface area contributed by atoms with Gasteiger partial charge in [0.05, 0.1) is 11.0 Å². The van der Waals surface area contributed by atoms with Crippen molar-refractivity contribution < 1.29 is 37.8 Å². The van der Waals surface area contributed by atoms with Gasteiger partial charge in [-0.2, -0.15) is 0 Å². The van der Waals surface area contributed by atoms with E-state index in [9.17, 15) is 19.2 Å². The minimum Gasteiger partial charge on any atom is -0.465 e. The van der Waals surface area contributed by atoms with Crippen molar-refractivity contribution >= 4 is 23.8 Å². The molecule has 6 fully saturated rings. The second-order valence-electron chi connectivity index (χ2n) is 17.5. The van der Waals surface area contributed by atoms with E-state index >= 15 is 4.39 Å². The summed E-state index contributed by atoms with van der Waals surface area (Å²) in [6.45, 7) is 17.4. The number of fused-ring (bicyclic) bond motifs is 4. The highest BCUT2D eigenvalue weighted by atomic mass is 19.1. The third-order valence-electron chi connectivity index (χ3n) is 15.9. The lowest BCUT2D eigenvalue weighted by molar-refractivity contribution is -0.301. The Morgan fingerprint density at radius 2 is 1.54 bits per heavy atom. The lowest BCUT2D eigenvalue weighted by Crippen LogP contribution is -2.79. The van der Waals surface area contributed by atoms with Crippen LogP contribution in [0.3, 0.4) is 0 Å². The first kappa shape index (κ1) is 33.7. The Labute approximate surface area is 274 Å². The van der Waals surface area contributed by atoms with Gasteiger partial charge < -0.3 is 19.1 Å². The highest BCUT2D eigenvalue weighted by molar-refractivity contribution is 5.88. The molecule has 1 aliphatic heterocycles. The number of carbonyl (C=O) groups excluding carboxylic acids is 4. The minimum absolute atomic E-state index is 0.000762. The van der Waals surface area contributed by atoms with Crippen molar-refractivity contribution in [2.24, 2.45) is 56.7 Å². The van der Waals surface area contributed by atoms with Crippen LogP contribution in [-0.2, 0) is 33.4 Å². The normalized spacial score (nSPS) is 52.4. The predicted octanol–water partition coefficient (Wildman–Crippen LogP) is 6.28. The van der Waals surface area contributed by atoms with Crippen LogP contribution in [0.2, 0.25) is 0 Å². The van der Waals surface area contributed by atoms with Crippen LogP contribution in [0.15, 0.2) is 0 Å². The van der Waals surface area contributed by atoms with Gasteiger partial charge in [0.1, 0.15) is 25.0 Å². The van der Waals surface area contributed by atoms with Crippen molar-refractivity contribution in [1.29, 1.82) is 0 Å².